The molecule has 6 rings (SSSR count). The van der Waals surface area contributed by atoms with Crippen molar-refractivity contribution in [2.45, 2.75) is 61.6 Å². The molecule has 2 saturated carbocycles. The predicted molar refractivity (Wildman–Crippen MR) is 149 cm³/mol. The van der Waals surface area contributed by atoms with Crippen LogP contribution in [-0.2, 0) is 19.3 Å². The van der Waals surface area contributed by atoms with Crippen molar-refractivity contribution in [3.05, 3.63) is 66.4 Å². The van der Waals surface area contributed by atoms with Crippen LogP contribution < -0.4 is 15.0 Å². The highest BCUT2D eigenvalue weighted by molar-refractivity contribution is 7.93. The fourth-order valence-corrected chi connectivity index (χ4v) is 7.79. The average Bonchev–Trinajstić information content (AvgIpc) is 3.83. The molecular formula is C29H32N4O5S. The largest absolute Gasteiger partial charge is 0.417 e. The summed E-state index contributed by atoms with van der Waals surface area (Å²) in [4.78, 5) is 24.3. The van der Waals surface area contributed by atoms with E-state index in [9.17, 15) is 13.2 Å². The van der Waals surface area contributed by atoms with Crippen LogP contribution in [-0.4, -0.2) is 55.0 Å². The molecule has 2 atom stereocenters. The molecule has 1 saturated heterocycles. The van der Waals surface area contributed by atoms with E-state index in [1.165, 1.54) is 0 Å². The van der Waals surface area contributed by atoms with E-state index >= 15 is 0 Å². The van der Waals surface area contributed by atoms with Gasteiger partial charge < -0.3 is 14.4 Å². The molecule has 1 unspecified atom stereocenters. The number of nitrogens with one attached hydrogen (secondary N) is 1. The molecule has 3 fully saturated rings. The molecule has 2 aromatic carbocycles. The van der Waals surface area contributed by atoms with E-state index in [1.54, 1.807) is 36.4 Å². The second-order valence-electron chi connectivity index (χ2n) is 10.7. The highest BCUT2D eigenvalue weighted by atomic mass is 32.2. The minimum atomic E-state index is -3.32. The quantitative estimate of drug-likeness (QED) is 0.442. The number of morpholine rings is 1. The highest BCUT2D eigenvalue weighted by Crippen LogP contribution is 2.57. The van der Waals surface area contributed by atoms with E-state index < -0.39 is 20.7 Å². The number of nitrogens with zero attached hydrogens (tertiary/aromatic N) is 3. The summed E-state index contributed by atoms with van der Waals surface area (Å²) in [5.74, 6) is 1.62. The maximum absolute atomic E-state index is 13.5. The lowest BCUT2D eigenvalue weighted by Gasteiger charge is -2.40. The topological polar surface area (TPSA) is 111 Å². The monoisotopic (exact) mass is 548 g/mol. The fourth-order valence-electron chi connectivity index (χ4n) is 5.32. The molecule has 3 aromatic rings. The Balaban J connectivity index is 1.32. The van der Waals surface area contributed by atoms with Gasteiger partial charge in [-0.1, -0.05) is 18.2 Å². The molecular weight excluding hydrogens is 516 g/mol. The van der Waals surface area contributed by atoms with Crippen molar-refractivity contribution in [3.8, 4) is 17.1 Å². The molecule has 9 nitrogen and oxygen atoms in total. The Kier molecular flexibility index (Phi) is 6.55. The lowest BCUT2D eigenvalue weighted by molar-refractivity contribution is 0.0752. The number of carbonyl (C=O) groups is 1. The third-order valence-electron chi connectivity index (χ3n) is 7.67. The van der Waals surface area contributed by atoms with Crippen LogP contribution in [0.1, 0.15) is 45.2 Å². The molecule has 204 valence electrons. The highest BCUT2D eigenvalue weighted by Gasteiger charge is 2.61. The zero-order valence-electron chi connectivity index (χ0n) is 22.0. The summed E-state index contributed by atoms with van der Waals surface area (Å²) < 4.78 is 37.0. The Morgan fingerprint density at radius 1 is 1.00 bits per heavy atom. The smallest absolute Gasteiger partial charge is 0.410 e. The minimum Gasteiger partial charge on any atom is -0.410 e. The number of benzene rings is 2. The van der Waals surface area contributed by atoms with Gasteiger partial charge in [0.1, 0.15) is 16.3 Å². The maximum atomic E-state index is 13.5. The van der Waals surface area contributed by atoms with E-state index in [4.69, 9.17) is 19.4 Å². The van der Waals surface area contributed by atoms with Gasteiger partial charge in [-0.15, -0.1) is 0 Å². The zero-order chi connectivity index (χ0) is 27.2. The van der Waals surface area contributed by atoms with Crippen LogP contribution in [0.25, 0.3) is 11.4 Å². The van der Waals surface area contributed by atoms with Gasteiger partial charge in [-0.05, 0) is 75.9 Å². The first-order valence-corrected chi connectivity index (χ1v) is 14.9. The summed E-state index contributed by atoms with van der Waals surface area (Å²) in [6.45, 7) is 5.31. The van der Waals surface area contributed by atoms with Crippen molar-refractivity contribution in [1.82, 2.24) is 9.97 Å². The van der Waals surface area contributed by atoms with Crippen molar-refractivity contribution in [2.24, 2.45) is 0 Å². The van der Waals surface area contributed by atoms with Gasteiger partial charge >= 0.3 is 6.09 Å². The molecule has 1 aliphatic heterocycles. The average molecular weight is 549 g/mol. The summed E-state index contributed by atoms with van der Waals surface area (Å²) in [5.41, 5.74) is 1.86. The van der Waals surface area contributed by atoms with Gasteiger partial charge in [0.25, 0.3) is 0 Å². The first-order valence-electron chi connectivity index (χ1n) is 13.4. The number of sulfone groups is 1. The SMILES string of the molecule is CC1COC[C@H](C)N1c1cc(C2(S(=O)(=O)C3CC3)CC2)nc(-c2ccc(NC(=O)Oc3ccccc3)cc2)n1. The van der Waals surface area contributed by atoms with Crippen LogP contribution in [0.4, 0.5) is 16.3 Å². The molecule has 1 amide bonds. The molecule has 3 aliphatic rings. The van der Waals surface area contributed by atoms with Gasteiger partial charge in [0.2, 0.25) is 0 Å². The normalized spacial score (nSPS) is 22.3. The number of para-hydroxylation sites is 1. The molecule has 2 aliphatic carbocycles. The standard InChI is InChI=1S/C29H32N4O5S/c1-19-17-37-18-20(2)33(19)26-16-25(29(14-15-29)39(35,36)24-12-13-24)31-27(32-26)21-8-10-22(11-9-21)30-28(34)38-23-6-4-3-5-7-23/h3-11,16,19-20,24H,12-15,17-18H2,1-2H3,(H,30,34)/t19-,20?/m0/s1. The van der Waals surface area contributed by atoms with Gasteiger partial charge in [0.15, 0.2) is 15.7 Å². The molecule has 1 aromatic heterocycles. The first-order chi connectivity index (χ1) is 18.8. The van der Waals surface area contributed by atoms with Crippen LogP contribution in [0.3, 0.4) is 0 Å². The number of ether oxygens (including phenoxy) is 2. The van der Waals surface area contributed by atoms with Crippen molar-refractivity contribution in [3.63, 3.8) is 0 Å². The lowest BCUT2D eigenvalue weighted by Crippen LogP contribution is -2.50. The molecule has 1 N–H and O–H groups in total. The summed E-state index contributed by atoms with van der Waals surface area (Å²) in [7, 11) is -3.32. The van der Waals surface area contributed by atoms with Crippen molar-refractivity contribution < 1.29 is 22.7 Å². The fraction of sp³-hybridized carbons (Fsp3) is 0.414. The van der Waals surface area contributed by atoms with Crippen LogP contribution in [0.2, 0.25) is 0 Å². The third-order valence-corrected chi connectivity index (χ3v) is 10.7. The Morgan fingerprint density at radius 2 is 1.67 bits per heavy atom. The number of rotatable bonds is 7. The zero-order valence-corrected chi connectivity index (χ0v) is 22.9. The third kappa shape index (κ3) is 4.98. The second kappa shape index (κ2) is 9.91. The summed E-state index contributed by atoms with van der Waals surface area (Å²) in [6, 6.07) is 18.0. The first kappa shape index (κ1) is 25.8. The minimum absolute atomic E-state index is 0.0849. The molecule has 0 bridgehead atoms. The predicted octanol–water partition coefficient (Wildman–Crippen LogP) is 4.93. The number of anilines is 2. The molecule has 10 heteroatoms. The number of carbonyl (C=O) groups excluding carboxylic acids is 1. The van der Waals surface area contributed by atoms with E-state index in [0.29, 0.717) is 54.8 Å². The summed E-state index contributed by atoms with van der Waals surface area (Å²) >= 11 is 0. The van der Waals surface area contributed by atoms with Gasteiger partial charge in [-0.2, -0.15) is 0 Å². The van der Waals surface area contributed by atoms with Crippen molar-refractivity contribution in [2.75, 3.05) is 23.4 Å². The van der Waals surface area contributed by atoms with Crippen LogP contribution in [0, 0.1) is 0 Å². The summed E-state index contributed by atoms with van der Waals surface area (Å²) in [6.07, 6.45) is 2.04. The van der Waals surface area contributed by atoms with Gasteiger partial charge in [0.05, 0.1) is 36.2 Å². The summed E-state index contributed by atoms with van der Waals surface area (Å²) in [5, 5.41) is 2.47. The molecule has 0 radical (unpaired) electrons. The number of aromatic nitrogens is 2. The van der Waals surface area contributed by atoms with Crippen LogP contribution >= 0.6 is 0 Å². The van der Waals surface area contributed by atoms with Gasteiger partial charge in [-0.25, -0.2) is 23.2 Å². The van der Waals surface area contributed by atoms with Crippen molar-refractivity contribution in [1.29, 1.82) is 0 Å². The molecule has 0 spiro atoms. The molecule has 2 heterocycles. The van der Waals surface area contributed by atoms with Gasteiger partial charge in [-0.3, -0.25) is 5.32 Å². The second-order valence-corrected chi connectivity index (χ2v) is 13.3. The number of hydrogen-bond acceptors (Lipinski definition) is 8. The van der Waals surface area contributed by atoms with Crippen molar-refractivity contribution >= 4 is 27.4 Å². The Hall–Kier alpha value is -3.50. The lowest BCUT2D eigenvalue weighted by atomic mass is 10.1. The van der Waals surface area contributed by atoms with E-state index in [0.717, 1.165) is 18.4 Å². The van der Waals surface area contributed by atoms with E-state index in [-0.39, 0.29) is 17.3 Å². The van der Waals surface area contributed by atoms with Crippen LogP contribution in [0.5, 0.6) is 5.75 Å². The molecule has 39 heavy (non-hydrogen) atoms. The Morgan fingerprint density at radius 3 is 2.28 bits per heavy atom. The van der Waals surface area contributed by atoms with Crippen LogP contribution in [0.15, 0.2) is 60.7 Å². The number of hydrogen-bond donors (Lipinski definition) is 1. The van der Waals surface area contributed by atoms with E-state index in [1.807, 2.05) is 24.3 Å². The Bertz CT molecular complexity index is 1460. The maximum Gasteiger partial charge on any atom is 0.417 e. The van der Waals surface area contributed by atoms with E-state index in [2.05, 4.69) is 24.1 Å². The number of amides is 1. The Labute approximate surface area is 228 Å². The van der Waals surface area contributed by atoms with Gasteiger partial charge in [0, 0.05) is 17.3 Å².